The molecule has 0 amide bonds. The second-order valence-corrected chi connectivity index (χ2v) is 10.5. The minimum absolute atomic E-state index is 0.889. The molecule has 2 aromatic heterocycles. The van der Waals surface area contributed by atoms with Gasteiger partial charge in [0.25, 0.3) is 0 Å². The molecule has 186 valence electrons. The third kappa shape index (κ3) is 3.05. The maximum absolute atomic E-state index is 6.61. The fraction of sp³-hybridized carbons (Fsp3) is 0. The van der Waals surface area contributed by atoms with E-state index in [1.165, 1.54) is 43.4 Å². The number of hydrogen-bond donors (Lipinski definition) is 0. The summed E-state index contributed by atoms with van der Waals surface area (Å²) in [5.74, 6) is 0.889. The fourth-order valence-electron chi connectivity index (χ4n) is 6.44. The van der Waals surface area contributed by atoms with Gasteiger partial charge in [0.15, 0.2) is 0 Å². The predicted molar refractivity (Wildman–Crippen MR) is 167 cm³/mol. The molecule has 9 rings (SSSR count). The smallest absolute Gasteiger partial charge is 0.136 e. The first-order valence-corrected chi connectivity index (χ1v) is 13.6. The summed E-state index contributed by atoms with van der Waals surface area (Å²) in [5, 5.41) is 10.5. The van der Waals surface area contributed by atoms with Crippen LogP contribution in [0.4, 0.5) is 0 Å². The van der Waals surface area contributed by atoms with Crippen LogP contribution in [0.15, 0.2) is 142 Å². The van der Waals surface area contributed by atoms with Gasteiger partial charge in [-0.2, -0.15) is 0 Å². The first kappa shape index (κ1) is 21.6. The highest BCUT2D eigenvalue weighted by Crippen LogP contribution is 2.45. The molecule has 0 aliphatic carbocycles. The van der Waals surface area contributed by atoms with Crippen LogP contribution in [0.25, 0.3) is 87.7 Å². The van der Waals surface area contributed by atoms with Crippen molar-refractivity contribution >= 4 is 65.2 Å². The van der Waals surface area contributed by atoms with Gasteiger partial charge in [-0.05, 0) is 79.8 Å². The topological polar surface area (TPSA) is 26.3 Å². The van der Waals surface area contributed by atoms with E-state index in [1.807, 2.05) is 12.1 Å². The molecule has 2 nitrogen and oxygen atoms in total. The Balaban J connectivity index is 1.37. The lowest BCUT2D eigenvalue weighted by Gasteiger charge is -2.16. The number of hydrogen-bond acceptors (Lipinski definition) is 2. The van der Waals surface area contributed by atoms with Crippen molar-refractivity contribution < 1.29 is 8.83 Å². The van der Waals surface area contributed by atoms with E-state index in [1.54, 1.807) is 0 Å². The number of fused-ring (bicyclic) bond motifs is 7. The normalized spacial score (nSPS) is 12.0. The van der Waals surface area contributed by atoms with Crippen molar-refractivity contribution in [3.8, 4) is 22.5 Å². The molecule has 0 aliphatic heterocycles. The number of para-hydroxylation sites is 1. The maximum atomic E-state index is 6.61. The summed E-state index contributed by atoms with van der Waals surface area (Å²) in [6.45, 7) is 0. The summed E-state index contributed by atoms with van der Waals surface area (Å²) >= 11 is 0. The Kier molecular flexibility index (Phi) is 4.36. The standard InChI is InChI=1S/C38H22O2/c1-2-10-24-21-35-26(19-23(24)9-1)22-36(40-35)38-30-14-5-3-12-28(30)37(29-13-4-6-15-31(29)38)25-17-18-34-32(20-25)27-11-7-8-16-33(27)39-34/h1-22H. The second-order valence-electron chi connectivity index (χ2n) is 10.5. The van der Waals surface area contributed by atoms with Gasteiger partial charge in [0.2, 0.25) is 0 Å². The van der Waals surface area contributed by atoms with Gasteiger partial charge in [0.1, 0.15) is 22.5 Å². The summed E-state index contributed by atoms with van der Waals surface area (Å²) in [4.78, 5) is 0. The monoisotopic (exact) mass is 510 g/mol. The molecule has 0 saturated heterocycles. The van der Waals surface area contributed by atoms with Crippen molar-refractivity contribution in [3.63, 3.8) is 0 Å². The van der Waals surface area contributed by atoms with Gasteiger partial charge in [-0.1, -0.05) is 97.1 Å². The Morgan fingerprint density at radius 1 is 0.325 bits per heavy atom. The summed E-state index contributed by atoms with van der Waals surface area (Å²) in [6.07, 6.45) is 0. The summed E-state index contributed by atoms with van der Waals surface area (Å²) in [5.41, 5.74) is 6.26. The van der Waals surface area contributed by atoms with Crippen molar-refractivity contribution in [1.29, 1.82) is 0 Å². The molecule has 0 aliphatic rings. The zero-order valence-electron chi connectivity index (χ0n) is 21.5. The molecule has 40 heavy (non-hydrogen) atoms. The first-order chi connectivity index (χ1) is 19.8. The van der Waals surface area contributed by atoms with Crippen LogP contribution < -0.4 is 0 Å². The third-order valence-corrected chi connectivity index (χ3v) is 8.23. The van der Waals surface area contributed by atoms with Crippen molar-refractivity contribution in [2.75, 3.05) is 0 Å². The van der Waals surface area contributed by atoms with Gasteiger partial charge in [-0.25, -0.2) is 0 Å². The van der Waals surface area contributed by atoms with E-state index < -0.39 is 0 Å². The van der Waals surface area contributed by atoms with Crippen LogP contribution in [0.3, 0.4) is 0 Å². The van der Waals surface area contributed by atoms with Crippen LogP contribution in [0.5, 0.6) is 0 Å². The summed E-state index contributed by atoms with van der Waals surface area (Å²) in [7, 11) is 0. The van der Waals surface area contributed by atoms with E-state index in [2.05, 4.69) is 121 Å². The van der Waals surface area contributed by atoms with Gasteiger partial charge in [-0.3, -0.25) is 0 Å². The Labute approximate surface area is 229 Å². The van der Waals surface area contributed by atoms with Gasteiger partial charge < -0.3 is 8.83 Å². The molecule has 0 saturated carbocycles. The van der Waals surface area contributed by atoms with E-state index in [-0.39, 0.29) is 0 Å². The lowest BCUT2D eigenvalue weighted by Crippen LogP contribution is -1.89. The highest BCUT2D eigenvalue weighted by molar-refractivity contribution is 6.22. The fourth-order valence-corrected chi connectivity index (χ4v) is 6.44. The Bertz CT molecular complexity index is 2330. The molecule has 0 fully saturated rings. The first-order valence-electron chi connectivity index (χ1n) is 13.6. The quantitative estimate of drug-likeness (QED) is 0.216. The highest BCUT2D eigenvalue weighted by Gasteiger charge is 2.20. The van der Waals surface area contributed by atoms with E-state index in [4.69, 9.17) is 8.83 Å². The zero-order valence-corrected chi connectivity index (χ0v) is 21.5. The SMILES string of the molecule is c1ccc2cc3oc(-c4c5ccccc5c(-c5ccc6oc7ccccc7c6c5)c5ccccc45)cc3cc2c1. The van der Waals surface area contributed by atoms with Crippen LogP contribution in [0.1, 0.15) is 0 Å². The minimum Gasteiger partial charge on any atom is -0.456 e. The Hall–Kier alpha value is -5.34. The van der Waals surface area contributed by atoms with Crippen molar-refractivity contribution in [2.24, 2.45) is 0 Å². The van der Waals surface area contributed by atoms with Crippen molar-refractivity contribution in [1.82, 2.24) is 0 Å². The molecule has 0 unspecified atom stereocenters. The maximum Gasteiger partial charge on any atom is 0.136 e. The Morgan fingerprint density at radius 2 is 0.900 bits per heavy atom. The van der Waals surface area contributed by atoms with Crippen molar-refractivity contribution in [3.05, 3.63) is 133 Å². The van der Waals surface area contributed by atoms with Crippen LogP contribution >= 0.6 is 0 Å². The lowest BCUT2D eigenvalue weighted by molar-refractivity contribution is 0.633. The Morgan fingerprint density at radius 3 is 1.62 bits per heavy atom. The second kappa shape index (κ2) is 8.08. The minimum atomic E-state index is 0.889. The molecule has 2 heteroatoms. The molecule has 9 aromatic rings. The third-order valence-electron chi connectivity index (χ3n) is 8.23. The average Bonchev–Trinajstić information content (AvgIpc) is 3.58. The van der Waals surface area contributed by atoms with Crippen LogP contribution in [0, 0.1) is 0 Å². The van der Waals surface area contributed by atoms with Gasteiger partial charge >= 0.3 is 0 Å². The molecule has 0 N–H and O–H groups in total. The van der Waals surface area contributed by atoms with E-state index in [0.29, 0.717) is 0 Å². The van der Waals surface area contributed by atoms with Crippen LogP contribution in [0.2, 0.25) is 0 Å². The molecular weight excluding hydrogens is 488 g/mol. The van der Waals surface area contributed by atoms with E-state index >= 15 is 0 Å². The van der Waals surface area contributed by atoms with Crippen molar-refractivity contribution in [2.45, 2.75) is 0 Å². The summed E-state index contributed by atoms with van der Waals surface area (Å²) < 4.78 is 12.7. The molecule has 7 aromatic carbocycles. The van der Waals surface area contributed by atoms with Gasteiger partial charge in [0, 0.05) is 21.7 Å². The molecule has 2 heterocycles. The summed E-state index contributed by atoms with van der Waals surface area (Å²) in [6, 6.07) is 47.2. The molecule has 0 radical (unpaired) electrons. The van der Waals surface area contributed by atoms with E-state index in [9.17, 15) is 0 Å². The number of benzene rings is 7. The lowest BCUT2D eigenvalue weighted by atomic mass is 9.87. The van der Waals surface area contributed by atoms with Gasteiger partial charge in [0.05, 0.1) is 0 Å². The molecule has 0 atom stereocenters. The zero-order chi connectivity index (χ0) is 26.2. The number of rotatable bonds is 2. The molecule has 0 spiro atoms. The number of furan rings is 2. The van der Waals surface area contributed by atoms with Crippen LogP contribution in [-0.4, -0.2) is 0 Å². The van der Waals surface area contributed by atoms with E-state index in [0.717, 1.165) is 44.2 Å². The molecule has 0 bridgehead atoms. The van der Waals surface area contributed by atoms with Gasteiger partial charge in [-0.15, -0.1) is 0 Å². The molecular formula is C38H22O2. The predicted octanol–water partition coefficient (Wildman–Crippen LogP) is 11.1. The highest BCUT2D eigenvalue weighted by atomic mass is 16.3. The van der Waals surface area contributed by atoms with Crippen LogP contribution in [-0.2, 0) is 0 Å². The largest absolute Gasteiger partial charge is 0.456 e. The average molecular weight is 511 g/mol.